The van der Waals surface area contributed by atoms with E-state index in [0.29, 0.717) is 12.0 Å². The molecule has 1 aromatic rings. The van der Waals surface area contributed by atoms with Crippen molar-refractivity contribution in [2.24, 2.45) is 5.92 Å². The molecule has 1 saturated heterocycles. The van der Waals surface area contributed by atoms with Crippen LogP contribution in [-0.2, 0) is 6.42 Å². The van der Waals surface area contributed by atoms with Crippen molar-refractivity contribution >= 4 is 11.6 Å². The van der Waals surface area contributed by atoms with Gasteiger partial charge in [-0.1, -0.05) is 37.6 Å². The largest absolute Gasteiger partial charge is 0.389 e. The molecule has 0 radical (unpaired) electrons. The number of aliphatic hydroxyl groups is 1. The maximum atomic E-state index is 10.3. The first-order chi connectivity index (χ1) is 8.85. The average molecular weight is 282 g/mol. The minimum atomic E-state index is -0.550. The van der Waals surface area contributed by atoms with Gasteiger partial charge in [0.2, 0.25) is 0 Å². The molecule has 1 aromatic carbocycles. The summed E-state index contributed by atoms with van der Waals surface area (Å²) in [6.45, 7) is 8.23. The maximum absolute atomic E-state index is 10.3. The molecule has 106 valence electrons. The third kappa shape index (κ3) is 4.20. The second-order valence-electron chi connectivity index (χ2n) is 6.51. The van der Waals surface area contributed by atoms with E-state index in [-0.39, 0.29) is 0 Å². The fraction of sp³-hybridized carbons (Fsp3) is 0.625. The van der Waals surface area contributed by atoms with Gasteiger partial charge in [-0.05, 0) is 43.4 Å². The maximum Gasteiger partial charge on any atom is 0.0761 e. The Morgan fingerprint density at radius 1 is 1.37 bits per heavy atom. The van der Waals surface area contributed by atoms with Gasteiger partial charge in [0.15, 0.2) is 0 Å². The zero-order chi connectivity index (χ0) is 14.0. The Hall–Kier alpha value is -0.570. The van der Waals surface area contributed by atoms with Crippen LogP contribution in [0.1, 0.15) is 32.8 Å². The van der Waals surface area contributed by atoms with Gasteiger partial charge >= 0.3 is 0 Å². The van der Waals surface area contributed by atoms with Crippen molar-refractivity contribution in [2.75, 3.05) is 13.1 Å². The van der Waals surface area contributed by atoms with Crippen molar-refractivity contribution in [3.8, 4) is 0 Å². The third-order valence-corrected chi connectivity index (χ3v) is 3.97. The van der Waals surface area contributed by atoms with Crippen molar-refractivity contribution in [1.29, 1.82) is 0 Å². The lowest BCUT2D eigenvalue weighted by molar-refractivity contribution is 0.0674. The first-order valence-electron chi connectivity index (χ1n) is 7.06. The first kappa shape index (κ1) is 14.8. The molecular weight excluding hydrogens is 258 g/mol. The molecule has 1 N–H and O–H groups in total. The summed E-state index contributed by atoms with van der Waals surface area (Å²) in [5.41, 5.74) is 0.743. The smallest absolute Gasteiger partial charge is 0.0761 e. The van der Waals surface area contributed by atoms with Crippen LogP contribution in [-0.4, -0.2) is 34.7 Å². The first-order valence-corrected chi connectivity index (χ1v) is 7.44. The van der Waals surface area contributed by atoms with Crippen molar-refractivity contribution < 1.29 is 5.11 Å². The summed E-state index contributed by atoms with van der Waals surface area (Å²) in [6, 6.07) is 8.48. The van der Waals surface area contributed by atoms with Crippen LogP contribution >= 0.6 is 11.6 Å². The molecule has 1 aliphatic rings. The molecule has 3 heteroatoms. The Morgan fingerprint density at radius 2 is 2.00 bits per heavy atom. The number of nitrogens with zero attached hydrogens (tertiary/aromatic N) is 1. The molecule has 0 saturated carbocycles. The molecular formula is C16H24ClNO. The third-order valence-electron chi connectivity index (χ3n) is 3.72. The molecule has 0 aliphatic carbocycles. The highest BCUT2D eigenvalue weighted by molar-refractivity contribution is 6.30. The fourth-order valence-corrected chi connectivity index (χ4v) is 3.17. The van der Waals surface area contributed by atoms with E-state index in [0.717, 1.165) is 31.0 Å². The fourth-order valence-electron chi connectivity index (χ4n) is 3.04. The van der Waals surface area contributed by atoms with Crippen LogP contribution in [0.4, 0.5) is 0 Å². The van der Waals surface area contributed by atoms with Crippen LogP contribution in [0.5, 0.6) is 0 Å². The van der Waals surface area contributed by atoms with Gasteiger partial charge in [0.05, 0.1) is 5.60 Å². The lowest BCUT2D eigenvalue weighted by Gasteiger charge is -2.26. The van der Waals surface area contributed by atoms with Crippen molar-refractivity contribution in [3.05, 3.63) is 34.9 Å². The molecule has 1 aliphatic heterocycles. The van der Waals surface area contributed by atoms with E-state index >= 15 is 0 Å². The molecule has 0 spiro atoms. The summed E-state index contributed by atoms with van der Waals surface area (Å²) in [5, 5.41) is 11.1. The topological polar surface area (TPSA) is 23.5 Å². The number of β-amino-alcohol motifs (C(OH)–C–C–N with tert-alkyl or cyclic N) is 1. The van der Waals surface area contributed by atoms with Gasteiger partial charge in [-0.2, -0.15) is 0 Å². The molecule has 0 amide bonds. The molecule has 1 heterocycles. The van der Waals surface area contributed by atoms with Gasteiger partial charge in [-0.3, -0.25) is 4.90 Å². The number of likely N-dealkylation sites (tertiary alicyclic amines) is 1. The minimum absolute atomic E-state index is 0.429. The highest BCUT2D eigenvalue weighted by Crippen LogP contribution is 2.29. The molecule has 2 nitrogen and oxygen atoms in total. The Labute approximate surface area is 121 Å². The highest BCUT2D eigenvalue weighted by Gasteiger charge is 2.38. The summed E-state index contributed by atoms with van der Waals surface area (Å²) in [5.74, 6) is 0.626. The lowest BCUT2D eigenvalue weighted by Crippen LogP contribution is -2.35. The molecule has 0 aromatic heterocycles. The van der Waals surface area contributed by atoms with Crippen LogP contribution in [0.2, 0.25) is 5.02 Å². The van der Waals surface area contributed by atoms with Crippen LogP contribution in [0.3, 0.4) is 0 Å². The summed E-state index contributed by atoms with van der Waals surface area (Å²) < 4.78 is 0. The van der Waals surface area contributed by atoms with E-state index in [1.54, 1.807) is 0 Å². The number of rotatable bonds is 4. The monoisotopic (exact) mass is 281 g/mol. The highest BCUT2D eigenvalue weighted by atomic mass is 35.5. The molecule has 2 atom stereocenters. The van der Waals surface area contributed by atoms with Crippen LogP contribution in [0, 0.1) is 5.92 Å². The minimum Gasteiger partial charge on any atom is -0.389 e. The van der Waals surface area contributed by atoms with E-state index < -0.39 is 5.60 Å². The van der Waals surface area contributed by atoms with Gasteiger partial charge in [0.25, 0.3) is 0 Å². The van der Waals surface area contributed by atoms with E-state index in [4.69, 9.17) is 11.6 Å². The Bertz CT molecular complexity index is 413. The quantitative estimate of drug-likeness (QED) is 0.915. The van der Waals surface area contributed by atoms with Crippen LogP contribution in [0.25, 0.3) is 0 Å². The van der Waals surface area contributed by atoms with E-state index in [2.05, 4.69) is 30.9 Å². The van der Waals surface area contributed by atoms with E-state index in [1.807, 2.05) is 19.1 Å². The predicted octanol–water partition coefficient (Wildman–Crippen LogP) is 3.36. The zero-order valence-electron chi connectivity index (χ0n) is 12.1. The second kappa shape index (κ2) is 5.82. The van der Waals surface area contributed by atoms with Gasteiger partial charge < -0.3 is 5.11 Å². The Balaban J connectivity index is 2.06. The summed E-state index contributed by atoms with van der Waals surface area (Å²) in [4.78, 5) is 2.43. The van der Waals surface area contributed by atoms with Gasteiger partial charge in [-0.15, -0.1) is 0 Å². The van der Waals surface area contributed by atoms with Gasteiger partial charge in [0.1, 0.15) is 0 Å². The van der Waals surface area contributed by atoms with Crippen molar-refractivity contribution in [1.82, 2.24) is 4.90 Å². The predicted molar refractivity (Wildman–Crippen MR) is 80.6 cm³/mol. The zero-order valence-corrected chi connectivity index (χ0v) is 12.8. The molecule has 2 rings (SSSR count). The summed E-state index contributed by atoms with van der Waals surface area (Å²) in [6.07, 6.45) is 1.84. The SMILES string of the molecule is CC(C)CN1CC(C)(O)C[C@@H]1Cc1ccc(Cl)cc1. The number of halogens is 1. The van der Waals surface area contributed by atoms with Crippen LogP contribution in [0.15, 0.2) is 24.3 Å². The Kier molecular flexibility index (Phi) is 4.54. The molecule has 19 heavy (non-hydrogen) atoms. The van der Waals surface area contributed by atoms with Crippen molar-refractivity contribution in [3.63, 3.8) is 0 Å². The summed E-state index contributed by atoms with van der Waals surface area (Å²) >= 11 is 5.92. The number of hydrogen-bond donors (Lipinski definition) is 1. The van der Waals surface area contributed by atoms with Crippen LogP contribution < -0.4 is 0 Å². The van der Waals surface area contributed by atoms with Crippen molar-refractivity contribution in [2.45, 2.75) is 45.3 Å². The normalized spacial score (nSPS) is 28.2. The van der Waals surface area contributed by atoms with Gasteiger partial charge in [-0.25, -0.2) is 0 Å². The standard InChI is InChI=1S/C16H24ClNO/c1-12(2)10-18-11-16(3,19)9-15(18)8-13-4-6-14(17)7-5-13/h4-7,12,15,19H,8-11H2,1-3H3/t15-,16?/m0/s1. The number of hydrogen-bond acceptors (Lipinski definition) is 2. The second-order valence-corrected chi connectivity index (χ2v) is 6.95. The Morgan fingerprint density at radius 3 is 2.58 bits per heavy atom. The molecule has 1 fully saturated rings. The van der Waals surface area contributed by atoms with E-state index in [1.165, 1.54) is 5.56 Å². The lowest BCUT2D eigenvalue weighted by atomic mass is 9.98. The number of benzene rings is 1. The molecule has 1 unspecified atom stereocenters. The van der Waals surface area contributed by atoms with Gasteiger partial charge in [0, 0.05) is 24.2 Å². The summed E-state index contributed by atoms with van der Waals surface area (Å²) in [7, 11) is 0. The molecule has 0 bridgehead atoms. The average Bonchev–Trinajstić information content (AvgIpc) is 2.55. The van der Waals surface area contributed by atoms with E-state index in [9.17, 15) is 5.11 Å².